The molecule has 2 aromatic carbocycles. The number of hydrogen-bond acceptors (Lipinski definition) is 7. The van der Waals surface area contributed by atoms with Crippen LogP contribution in [-0.4, -0.2) is 84.1 Å². The fourth-order valence-corrected chi connectivity index (χ4v) is 7.88. The molecule has 3 saturated carbocycles. The van der Waals surface area contributed by atoms with Crippen LogP contribution in [-0.2, 0) is 16.2 Å². The van der Waals surface area contributed by atoms with Crippen molar-refractivity contribution in [2.45, 2.75) is 71.4 Å². The van der Waals surface area contributed by atoms with E-state index in [1.807, 2.05) is 30.3 Å². The molecule has 8 atom stereocenters. The summed E-state index contributed by atoms with van der Waals surface area (Å²) in [5.74, 6) is 1.29. The molecule has 0 aromatic heterocycles. The molecule has 9 heteroatoms. The highest BCUT2D eigenvalue weighted by molar-refractivity contribution is 5.94. The SMILES string of the molecule is COc1c(CN2O[C@@H](CO)[C@@H]([C@H](C)O)[C@H]2C(=O)N[C@H]2C[C@H]3C[C@@H]([C@@H]2C)C3(C)C)cccc1-c1ccc(C(=O)N(C)C)cc1. The van der Waals surface area contributed by atoms with E-state index in [0.29, 0.717) is 34.5 Å². The lowest BCUT2D eigenvalue weighted by atomic mass is 9.45. The van der Waals surface area contributed by atoms with E-state index in [4.69, 9.17) is 9.57 Å². The predicted molar refractivity (Wildman–Crippen MR) is 164 cm³/mol. The zero-order valence-corrected chi connectivity index (χ0v) is 26.4. The largest absolute Gasteiger partial charge is 0.496 e. The average Bonchev–Trinajstić information content (AvgIpc) is 3.36. The van der Waals surface area contributed by atoms with Crippen molar-refractivity contribution in [2.24, 2.45) is 29.1 Å². The average molecular weight is 594 g/mol. The third-order valence-corrected chi connectivity index (χ3v) is 10.5. The number of rotatable bonds is 9. The topological polar surface area (TPSA) is 112 Å². The fourth-order valence-electron chi connectivity index (χ4n) is 7.88. The Bertz CT molecular complexity index is 1330. The summed E-state index contributed by atoms with van der Waals surface area (Å²) in [5.41, 5.74) is 3.41. The van der Waals surface area contributed by atoms with E-state index in [1.165, 1.54) is 11.3 Å². The minimum Gasteiger partial charge on any atom is -0.496 e. The summed E-state index contributed by atoms with van der Waals surface area (Å²) in [5, 5.41) is 25.9. The van der Waals surface area contributed by atoms with Crippen molar-refractivity contribution in [3.05, 3.63) is 53.6 Å². The Morgan fingerprint density at radius 1 is 1.16 bits per heavy atom. The van der Waals surface area contributed by atoms with E-state index >= 15 is 0 Å². The van der Waals surface area contributed by atoms with Crippen LogP contribution >= 0.6 is 0 Å². The lowest BCUT2D eigenvalue weighted by molar-refractivity contribution is -0.183. The second kappa shape index (κ2) is 12.2. The van der Waals surface area contributed by atoms with Gasteiger partial charge in [0.05, 0.1) is 26.4 Å². The summed E-state index contributed by atoms with van der Waals surface area (Å²) in [4.78, 5) is 34.1. The quantitative estimate of drug-likeness (QED) is 0.406. The molecule has 3 aliphatic carbocycles. The molecular formula is C34H47N3O6. The lowest BCUT2D eigenvalue weighted by Crippen LogP contribution is -2.62. The van der Waals surface area contributed by atoms with E-state index in [1.54, 1.807) is 45.3 Å². The van der Waals surface area contributed by atoms with Crippen LogP contribution in [0.5, 0.6) is 5.75 Å². The molecule has 2 amide bonds. The van der Waals surface area contributed by atoms with Crippen LogP contribution in [0.2, 0.25) is 0 Å². The number of nitrogens with one attached hydrogen (secondary N) is 1. The second-order valence-corrected chi connectivity index (χ2v) is 13.5. The highest BCUT2D eigenvalue weighted by Crippen LogP contribution is 2.61. The minimum absolute atomic E-state index is 0.0640. The van der Waals surface area contributed by atoms with Gasteiger partial charge in [-0.1, -0.05) is 51.1 Å². The molecule has 4 fully saturated rings. The molecule has 9 nitrogen and oxygen atoms in total. The van der Waals surface area contributed by atoms with Crippen LogP contribution in [0.4, 0.5) is 0 Å². The van der Waals surface area contributed by atoms with Gasteiger partial charge in [-0.2, -0.15) is 5.06 Å². The molecule has 234 valence electrons. The van der Waals surface area contributed by atoms with Crippen molar-refractivity contribution >= 4 is 11.8 Å². The summed E-state index contributed by atoms with van der Waals surface area (Å²) in [6.45, 7) is 8.45. The molecule has 3 N–H and O–H groups in total. The first kappa shape index (κ1) is 31.4. The third kappa shape index (κ3) is 5.68. The van der Waals surface area contributed by atoms with Gasteiger partial charge >= 0.3 is 0 Å². The number of amides is 2. The van der Waals surface area contributed by atoms with E-state index < -0.39 is 24.2 Å². The Hall–Kier alpha value is -2.98. The van der Waals surface area contributed by atoms with Crippen molar-refractivity contribution in [3.8, 4) is 16.9 Å². The number of benzene rings is 2. The molecule has 2 bridgehead atoms. The minimum atomic E-state index is -0.870. The zero-order valence-electron chi connectivity index (χ0n) is 26.4. The third-order valence-electron chi connectivity index (χ3n) is 10.5. The van der Waals surface area contributed by atoms with Crippen LogP contribution < -0.4 is 10.1 Å². The zero-order chi connectivity index (χ0) is 31.2. The number of fused-ring (bicyclic) bond motifs is 2. The van der Waals surface area contributed by atoms with Crippen LogP contribution in [0.3, 0.4) is 0 Å². The predicted octanol–water partition coefficient (Wildman–Crippen LogP) is 3.72. The van der Waals surface area contributed by atoms with Crippen molar-refractivity contribution in [1.29, 1.82) is 0 Å². The number of carbonyl (C=O) groups is 2. The molecular weight excluding hydrogens is 546 g/mol. The standard InChI is InChI=1S/C34H47N3O6/c1-19-26-15-24(34(26,3)4)16-27(19)35-32(40)30-29(20(2)39)28(18-38)43-37(30)17-23-9-8-10-25(31(23)42-7)21-11-13-22(14-12-21)33(41)36(5)6/h8-14,19-20,24,26-30,38-39H,15-18H2,1-7H3,(H,35,40)/t19-,20-,24+,26-,27-,28-,29+,30-/m0/s1. The molecule has 1 heterocycles. The first-order valence-electron chi connectivity index (χ1n) is 15.4. The van der Waals surface area contributed by atoms with E-state index in [-0.39, 0.29) is 31.0 Å². The number of carbonyl (C=O) groups excluding carboxylic acids is 2. The van der Waals surface area contributed by atoms with Gasteiger partial charge in [0.1, 0.15) is 17.9 Å². The highest BCUT2D eigenvalue weighted by Gasteiger charge is 2.57. The Labute approximate surface area is 255 Å². The number of ether oxygens (including phenoxy) is 1. The van der Waals surface area contributed by atoms with Gasteiger partial charge in [-0.3, -0.25) is 14.4 Å². The number of aliphatic hydroxyl groups is 2. The molecule has 6 rings (SSSR count). The number of aliphatic hydroxyl groups excluding tert-OH is 2. The van der Waals surface area contributed by atoms with Gasteiger partial charge in [0.2, 0.25) is 5.91 Å². The Balaban J connectivity index is 1.41. The molecule has 1 saturated heterocycles. The Morgan fingerprint density at radius 3 is 2.42 bits per heavy atom. The Kier molecular flexibility index (Phi) is 8.91. The van der Waals surface area contributed by atoms with Gasteiger partial charge < -0.3 is 25.2 Å². The number of para-hydroxylation sites is 1. The fraction of sp³-hybridized carbons (Fsp3) is 0.588. The maximum atomic E-state index is 14.0. The van der Waals surface area contributed by atoms with Gasteiger partial charge in [0.15, 0.2) is 0 Å². The first-order chi connectivity index (χ1) is 20.4. The molecule has 43 heavy (non-hydrogen) atoms. The van der Waals surface area contributed by atoms with Crippen LogP contribution in [0.1, 0.15) is 56.5 Å². The monoisotopic (exact) mass is 593 g/mol. The van der Waals surface area contributed by atoms with E-state index in [9.17, 15) is 19.8 Å². The number of nitrogens with zero attached hydrogens (tertiary/aromatic N) is 2. The van der Waals surface area contributed by atoms with Crippen molar-refractivity contribution in [1.82, 2.24) is 15.3 Å². The summed E-state index contributed by atoms with van der Waals surface area (Å²) in [6, 6.07) is 12.4. The molecule has 0 radical (unpaired) electrons. The van der Waals surface area contributed by atoms with Crippen LogP contribution in [0.25, 0.3) is 11.1 Å². The van der Waals surface area contributed by atoms with Gasteiger partial charge in [-0.25, -0.2) is 0 Å². The van der Waals surface area contributed by atoms with Crippen LogP contribution in [0.15, 0.2) is 42.5 Å². The Morgan fingerprint density at radius 2 is 1.86 bits per heavy atom. The number of methoxy groups -OCH3 is 1. The summed E-state index contributed by atoms with van der Waals surface area (Å²) in [6.07, 6.45) is 0.572. The number of hydroxylamine groups is 2. The lowest BCUT2D eigenvalue weighted by Gasteiger charge is -2.62. The maximum absolute atomic E-state index is 14.0. The van der Waals surface area contributed by atoms with Crippen molar-refractivity contribution in [3.63, 3.8) is 0 Å². The van der Waals surface area contributed by atoms with Crippen LogP contribution in [0, 0.1) is 29.1 Å². The highest BCUT2D eigenvalue weighted by atomic mass is 16.7. The summed E-state index contributed by atoms with van der Waals surface area (Å²) >= 11 is 0. The molecule has 0 spiro atoms. The van der Waals surface area contributed by atoms with Gasteiger partial charge in [0.25, 0.3) is 5.91 Å². The maximum Gasteiger partial charge on any atom is 0.253 e. The van der Waals surface area contributed by atoms with Gasteiger partial charge in [-0.05, 0) is 60.6 Å². The first-order valence-corrected chi connectivity index (χ1v) is 15.4. The normalized spacial score (nSPS) is 30.3. The van der Waals surface area contributed by atoms with Gasteiger partial charge in [0, 0.05) is 42.7 Å². The molecule has 1 aliphatic heterocycles. The second-order valence-electron chi connectivity index (χ2n) is 13.5. The van der Waals surface area contributed by atoms with Crippen molar-refractivity contribution < 1.29 is 29.4 Å². The number of hydrogen-bond donors (Lipinski definition) is 3. The summed E-state index contributed by atoms with van der Waals surface area (Å²) in [7, 11) is 5.05. The molecule has 2 aromatic rings. The summed E-state index contributed by atoms with van der Waals surface area (Å²) < 4.78 is 5.90. The molecule has 4 aliphatic rings. The smallest absolute Gasteiger partial charge is 0.253 e. The van der Waals surface area contributed by atoms with E-state index in [2.05, 4.69) is 26.1 Å². The van der Waals surface area contributed by atoms with E-state index in [0.717, 1.165) is 23.1 Å². The van der Waals surface area contributed by atoms with Crippen molar-refractivity contribution in [2.75, 3.05) is 27.8 Å². The van der Waals surface area contributed by atoms with Gasteiger partial charge in [-0.15, -0.1) is 0 Å². The molecule has 0 unspecified atom stereocenters.